The van der Waals surface area contributed by atoms with Gasteiger partial charge in [-0.2, -0.15) is 0 Å². The van der Waals surface area contributed by atoms with Gasteiger partial charge in [0.15, 0.2) is 0 Å². The normalized spacial score (nSPS) is 11.6. The Bertz CT molecular complexity index is 3550. The van der Waals surface area contributed by atoms with Crippen LogP contribution in [-0.2, 0) is 7.05 Å². The van der Waals surface area contributed by atoms with Gasteiger partial charge < -0.3 is 18.6 Å². The van der Waals surface area contributed by atoms with E-state index >= 15 is 0 Å². The third-order valence-electron chi connectivity index (χ3n) is 12.5. The number of imidazole rings is 1. The Labute approximate surface area is 365 Å². The van der Waals surface area contributed by atoms with Gasteiger partial charge in [-0.3, -0.25) is 0 Å². The Kier molecular flexibility index (Phi) is 8.64. The quantitative estimate of drug-likeness (QED) is 0.153. The zero-order valence-electron chi connectivity index (χ0n) is 34.7. The van der Waals surface area contributed by atoms with E-state index in [0.29, 0.717) is 0 Å². The zero-order valence-corrected chi connectivity index (χ0v) is 34.7. The van der Waals surface area contributed by atoms with Crippen molar-refractivity contribution < 1.29 is 0 Å². The van der Waals surface area contributed by atoms with Crippen LogP contribution >= 0.6 is 0 Å². The van der Waals surface area contributed by atoms with Gasteiger partial charge in [0, 0.05) is 68.0 Å². The molecule has 5 nitrogen and oxygen atoms in total. The maximum absolute atomic E-state index is 5.30. The van der Waals surface area contributed by atoms with Crippen molar-refractivity contribution in [3.05, 3.63) is 231 Å². The predicted octanol–water partition coefficient (Wildman–Crippen LogP) is 15.1. The molecule has 0 N–H and O–H groups in total. The highest BCUT2D eigenvalue weighted by atomic mass is 15.1. The molecule has 9 aromatic carbocycles. The molecule has 0 aliphatic rings. The van der Waals surface area contributed by atoms with Crippen molar-refractivity contribution in [2.45, 2.75) is 0 Å². The van der Waals surface area contributed by atoms with Gasteiger partial charge in [-0.15, -0.1) is 0 Å². The fourth-order valence-electron chi connectivity index (χ4n) is 9.66. The minimum atomic E-state index is 0.923. The second kappa shape index (κ2) is 14.9. The summed E-state index contributed by atoms with van der Waals surface area (Å²) < 4.78 is 7.00. The fourth-order valence-corrected chi connectivity index (χ4v) is 9.66. The highest BCUT2D eigenvalue weighted by Gasteiger charge is 2.23. The molecule has 0 bridgehead atoms. The number of hydrogen-bond donors (Lipinski definition) is 0. The number of aromatic nitrogens is 4. The summed E-state index contributed by atoms with van der Waals surface area (Å²) in [6.45, 7) is 0. The van der Waals surface area contributed by atoms with Gasteiger partial charge in [-0.05, 0) is 91.0 Å². The average Bonchev–Trinajstić information content (AvgIpc) is 4.00. The second-order valence-corrected chi connectivity index (χ2v) is 16.1. The molecule has 0 saturated carbocycles. The SMILES string of the molecule is Cn1c(-c2ccc(-n3c4ccccc4c4c(N(c5ccccc5)c5ccc(-n6c7ccccc7c7ccccc76)cc5)cccc43)cc2)nc(-c2ccccc2)c1-c1ccccc1. The van der Waals surface area contributed by atoms with E-state index in [1.54, 1.807) is 0 Å². The number of para-hydroxylation sites is 4. The Morgan fingerprint density at radius 3 is 1.44 bits per heavy atom. The van der Waals surface area contributed by atoms with Crippen LogP contribution in [0.4, 0.5) is 17.1 Å². The van der Waals surface area contributed by atoms with Crippen LogP contribution in [0.25, 0.3) is 88.9 Å². The van der Waals surface area contributed by atoms with Gasteiger partial charge in [-0.1, -0.05) is 140 Å². The van der Waals surface area contributed by atoms with Crippen LogP contribution in [0.2, 0.25) is 0 Å². The van der Waals surface area contributed by atoms with Crippen molar-refractivity contribution in [1.82, 2.24) is 18.7 Å². The van der Waals surface area contributed by atoms with Crippen molar-refractivity contribution >= 4 is 60.7 Å². The summed E-state index contributed by atoms with van der Waals surface area (Å²) in [4.78, 5) is 7.70. The van der Waals surface area contributed by atoms with E-state index < -0.39 is 0 Å². The maximum atomic E-state index is 5.30. The lowest BCUT2D eigenvalue weighted by Crippen LogP contribution is -2.10. The molecule has 0 amide bonds. The first-order valence-corrected chi connectivity index (χ1v) is 21.5. The number of anilines is 3. The first kappa shape index (κ1) is 36.4. The van der Waals surface area contributed by atoms with Crippen molar-refractivity contribution in [2.24, 2.45) is 7.05 Å². The molecule has 0 fully saturated rings. The minimum Gasteiger partial charge on any atom is -0.327 e. The largest absolute Gasteiger partial charge is 0.327 e. The zero-order chi connectivity index (χ0) is 41.9. The van der Waals surface area contributed by atoms with Crippen molar-refractivity contribution in [3.8, 4) is 45.3 Å². The summed E-state index contributed by atoms with van der Waals surface area (Å²) in [5, 5.41) is 4.90. The van der Waals surface area contributed by atoms with Gasteiger partial charge in [0.1, 0.15) is 5.82 Å². The highest BCUT2D eigenvalue weighted by molar-refractivity contribution is 6.16. The summed E-state index contributed by atoms with van der Waals surface area (Å²) in [6, 6.07) is 82.5. The Morgan fingerprint density at radius 1 is 0.365 bits per heavy atom. The topological polar surface area (TPSA) is 30.9 Å². The Hall–Kier alpha value is -8.41. The number of rotatable bonds is 8. The molecule has 12 aromatic rings. The van der Waals surface area contributed by atoms with Crippen molar-refractivity contribution in [3.63, 3.8) is 0 Å². The van der Waals surface area contributed by atoms with E-state index in [2.05, 4.69) is 256 Å². The molecule has 0 spiro atoms. The standard InChI is InChI=1S/C58H41N5/c1-60-57(41-20-7-3-8-21-41)56(40-18-5-2-6-19-40)59-58(60)42-32-34-45(35-33-42)63-52-29-16-13-26-49(52)55-53(30-17-31-54(55)63)61(43-22-9-4-10-23-43)44-36-38-46(39-37-44)62-50-27-14-11-24-47(50)48-25-12-15-28-51(48)62/h2-39H,1H3. The molecular formula is C58H41N5. The molecule has 298 valence electrons. The van der Waals surface area contributed by atoms with E-state index in [0.717, 1.165) is 73.4 Å². The van der Waals surface area contributed by atoms with E-state index in [1.165, 1.54) is 32.6 Å². The number of benzene rings is 9. The predicted molar refractivity (Wildman–Crippen MR) is 263 cm³/mol. The Morgan fingerprint density at radius 2 is 0.825 bits per heavy atom. The van der Waals surface area contributed by atoms with Crippen LogP contribution in [-0.4, -0.2) is 18.7 Å². The molecule has 12 rings (SSSR count). The molecule has 0 unspecified atom stereocenters. The highest BCUT2D eigenvalue weighted by Crippen LogP contribution is 2.44. The lowest BCUT2D eigenvalue weighted by molar-refractivity contribution is 0.933. The van der Waals surface area contributed by atoms with E-state index in [1.807, 2.05) is 0 Å². The second-order valence-electron chi connectivity index (χ2n) is 16.1. The Balaban J connectivity index is 0.984. The minimum absolute atomic E-state index is 0.923. The third kappa shape index (κ3) is 5.97. The van der Waals surface area contributed by atoms with E-state index in [-0.39, 0.29) is 0 Å². The third-order valence-corrected chi connectivity index (χ3v) is 12.5. The van der Waals surface area contributed by atoms with Crippen molar-refractivity contribution in [1.29, 1.82) is 0 Å². The molecule has 3 heterocycles. The van der Waals surface area contributed by atoms with Crippen LogP contribution in [0.1, 0.15) is 0 Å². The van der Waals surface area contributed by atoms with Crippen LogP contribution < -0.4 is 4.90 Å². The van der Waals surface area contributed by atoms with Crippen LogP contribution in [0, 0.1) is 0 Å². The van der Waals surface area contributed by atoms with Gasteiger partial charge >= 0.3 is 0 Å². The summed E-state index contributed by atoms with van der Waals surface area (Å²) >= 11 is 0. The maximum Gasteiger partial charge on any atom is 0.140 e. The first-order chi connectivity index (χ1) is 31.2. The number of nitrogens with zero attached hydrogens (tertiary/aromatic N) is 5. The lowest BCUT2D eigenvalue weighted by Gasteiger charge is -2.27. The summed E-state index contributed by atoms with van der Waals surface area (Å²) in [5.41, 5.74) is 15.6. The number of hydrogen-bond acceptors (Lipinski definition) is 2. The molecule has 63 heavy (non-hydrogen) atoms. The average molecular weight is 808 g/mol. The van der Waals surface area contributed by atoms with Gasteiger partial charge in [0.2, 0.25) is 0 Å². The molecule has 0 aliphatic carbocycles. The molecule has 5 heteroatoms. The van der Waals surface area contributed by atoms with E-state index in [9.17, 15) is 0 Å². The molecule has 0 aliphatic heterocycles. The molecule has 0 radical (unpaired) electrons. The van der Waals surface area contributed by atoms with Crippen molar-refractivity contribution in [2.75, 3.05) is 4.90 Å². The van der Waals surface area contributed by atoms with Gasteiger partial charge in [0.05, 0.1) is 39.1 Å². The molecule has 0 atom stereocenters. The lowest BCUT2D eigenvalue weighted by atomic mass is 10.1. The monoisotopic (exact) mass is 807 g/mol. The van der Waals surface area contributed by atoms with Gasteiger partial charge in [-0.25, -0.2) is 4.98 Å². The molecule has 3 aromatic heterocycles. The van der Waals surface area contributed by atoms with Gasteiger partial charge in [0.25, 0.3) is 0 Å². The van der Waals surface area contributed by atoms with Crippen LogP contribution in [0.15, 0.2) is 231 Å². The summed E-state index contributed by atoms with van der Waals surface area (Å²) in [5.74, 6) is 0.923. The summed E-state index contributed by atoms with van der Waals surface area (Å²) in [6.07, 6.45) is 0. The smallest absolute Gasteiger partial charge is 0.140 e. The summed E-state index contributed by atoms with van der Waals surface area (Å²) in [7, 11) is 2.12. The molecular weight excluding hydrogens is 767 g/mol. The fraction of sp³-hybridized carbons (Fsp3) is 0.0172. The van der Waals surface area contributed by atoms with Crippen LogP contribution in [0.3, 0.4) is 0 Å². The number of fused-ring (bicyclic) bond motifs is 6. The van der Waals surface area contributed by atoms with E-state index in [4.69, 9.17) is 4.98 Å². The molecule has 0 saturated heterocycles. The van der Waals surface area contributed by atoms with Crippen LogP contribution in [0.5, 0.6) is 0 Å². The first-order valence-electron chi connectivity index (χ1n) is 21.5.